The molecule has 0 radical (unpaired) electrons. The first-order valence-electron chi connectivity index (χ1n) is 12.3. The van der Waals surface area contributed by atoms with Gasteiger partial charge in [0, 0.05) is 36.2 Å². The summed E-state index contributed by atoms with van der Waals surface area (Å²) >= 11 is 0. The van der Waals surface area contributed by atoms with Crippen LogP contribution in [0.15, 0.2) is 12.1 Å². The fraction of sp³-hybridized carbons (Fsp3) is 0.720. The lowest BCUT2D eigenvalue weighted by molar-refractivity contribution is -0.182. The Morgan fingerprint density at radius 1 is 1.12 bits per heavy atom. The molecule has 1 amide bonds. The van der Waals surface area contributed by atoms with Gasteiger partial charge in [0.1, 0.15) is 5.60 Å². The lowest BCUT2D eigenvalue weighted by Crippen LogP contribution is -2.45. The summed E-state index contributed by atoms with van der Waals surface area (Å²) in [5.74, 6) is -0.708. The van der Waals surface area contributed by atoms with E-state index in [2.05, 4.69) is 11.1 Å². The maximum atomic E-state index is 13.1. The molecule has 0 aromatic carbocycles. The molecule has 3 aliphatic rings. The Bertz CT molecular complexity index is 1100. The second-order valence-electron chi connectivity index (χ2n) is 11.5. The van der Waals surface area contributed by atoms with Crippen LogP contribution < -0.4 is 0 Å². The Labute approximate surface area is 197 Å². The van der Waals surface area contributed by atoms with E-state index in [0.717, 1.165) is 35.6 Å². The fourth-order valence-corrected chi connectivity index (χ4v) is 5.95. The van der Waals surface area contributed by atoms with E-state index in [0.29, 0.717) is 31.8 Å². The predicted molar refractivity (Wildman–Crippen MR) is 121 cm³/mol. The van der Waals surface area contributed by atoms with Crippen molar-refractivity contribution in [3.63, 3.8) is 0 Å². The number of ether oxygens (including phenoxy) is 1. The minimum Gasteiger partial charge on any atom is -0.444 e. The smallest absolute Gasteiger partial charge is 0.410 e. The maximum absolute atomic E-state index is 13.1. The minimum absolute atomic E-state index is 0.0190. The molecular weight excluding hydrogens is 445 g/mol. The Morgan fingerprint density at radius 2 is 1.82 bits per heavy atom. The molecule has 5 rings (SSSR count). The van der Waals surface area contributed by atoms with Gasteiger partial charge in [0.2, 0.25) is 0 Å². The van der Waals surface area contributed by atoms with Crippen molar-refractivity contribution < 1.29 is 22.7 Å². The Hall–Kier alpha value is -2.32. The van der Waals surface area contributed by atoms with E-state index in [9.17, 15) is 18.0 Å². The van der Waals surface area contributed by atoms with Crippen molar-refractivity contribution in [3.05, 3.63) is 29.2 Å². The Kier molecular flexibility index (Phi) is 5.41. The SMILES string of the molecule is Cc1cc(C23CC2CCN(C(=O)OC(C)(C)C)C3)n2nc([C@H]3CC[C@H](C(F)(F)F)CC3)cc2n1. The number of piperidine rings is 1. The molecule has 2 aromatic rings. The van der Waals surface area contributed by atoms with E-state index >= 15 is 0 Å². The van der Waals surface area contributed by atoms with Crippen LogP contribution in [0, 0.1) is 18.8 Å². The Morgan fingerprint density at radius 3 is 2.47 bits per heavy atom. The molecule has 2 atom stereocenters. The topological polar surface area (TPSA) is 59.7 Å². The molecular formula is C25H33F3N4O2. The number of rotatable bonds is 2. The number of aromatic nitrogens is 3. The van der Waals surface area contributed by atoms with Crippen LogP contribution in [0.5, 0.6) is 0 Å². The first-order chi connectivity index (χ1) is 15.9. The summed E-state index contributed by atoms with van der Waals surface area (Å²) < 4.78 is 46.8. The van der Waals surface area contributed by atoms with Gasteiger partial charge in [-0.1, -0.05) is 0 Å². The number of likely N-dealkylation sites (tertiary alicyclic amines) is 1. The first-order valence-corrected chi connectivity index (χ1v) is 12.3. The maximum Gasteiger partial charge on any atom is 0.410 e. The summed E-state index contributed by atoms with van der Waals surface area (Å²) in [6.45, 7) is 8.82. The average molecular weight is 479 g/mol. The van der Waals surface area contributed by atoms with Crippen LogP contribution in [0.2, 0.25) is 0 Å². The van der Waals surface area contributed by atoms with Crippen LogP contribution >= 0.6 is 0 Å². The zero-order valence-corrected chi connectivity index (χ0v) is 20.3. The third-order valence-corrected chi connectivity index (χ3v) is 7.80. The molecule has 186 valence electrons. The van der Waals surface area contributed by atoms with Crippen molar-refractivity contribution in [3.8, 4) is 0 Å². The van der Waals surface area contributed by atoms with E-state index in [4.69, 9.17) is 9.84 Å². The zero-order valence-electron chi connectivity index (χ0n) is 20.3. The average Bonchev–Trinajstić information content (AvgIpc) is 3.33. The normalized spacial score (nSPS) is 29.7. The minimum atomic E-state index is -4.11. The van der Waals surface area contributed by atoms with Gasteiger partial charge in [0.15, 0.2) is 5.65 Å². The van der Waals surface area contributed by atoms with Gasteiger partial charge < -0.3 is 9.64 Å². The van der Waals surface area contributed by atoms with Crippen LogP contribution in [0.1, 0.15) is 82.3 Å². The molecule has 1 saturated heterocycles. The number of nitrogens with zero attached hydrogens (tertiary/aromatic N) is 4. The summed E-state index contributed by atoms with van der Waals surface area (Å²) in [5.41, 5.74) is 2.75. The number of alkyl halides is 3. The molecule has 2 aromatic heterocycles. The van der Waals surface area contributed by atoms with Crippen molar-refractivity contribution in [2.75, 3.05) is 13.1 Å². The highest BCUT2D eigenvalue weighted by Crippen LogP contribution is 2.58. The number of fused-ring (bicyclic) bond motifs is 2. The van der Waals surface area contributed by atoms with Gasteiger partial charge in [-0.15, -0.1) is 0 Å². The summed E-state index contributed by atoms with van der Waals surface area (Å²) in [7, 11) is 0. The molecule has 9 heteroatoms. The molecule has 2 saturated carbocycles. The number of carbonyl (C=O) groups is 1. The van der Waals surface area contributed by atoms with Crippen LogP contribution in [0.4, 0.5) is 18.0 Å². The highest BCUT2D eigenvalue weighted by atomic mass is 19.4. The molecule has 0 spiro atoms. The Balaban J connectivity index is 1.41. The molecule has 0 bridgehead atoms. The van der Waals surface area contributed by atoms with Gasteiger partial charge in [-0.3, -0.25) is 0 Å². The monoisotopic (exact) mass is 478 g/mol. The van der Waals surface area contributed by atoms with E-state index in [1.165, 1.54) is 0 Å². The van der Waals surface area contributed by atoms with Crippen molar-refractivity contribution >= 4 is 11.7 Å². The van der Waals surface area contributed by atoms with E-state index in [1.807, 2.05) is 38.3 Å². The summed E-state index contributed by atoms with van der Waals surface area (Å²) in [6, 6.07) is 4.00. The number of amides is 1. The van der Waals surface area contributed by atoms with Gasteiger partial charge in [0.05, 0.1) is 17.3 Å². The van der Waals surface area contributed by atoms with Gasteiger partial charge in [0.25, 0.3) is 0 Å². The van der Waals surface area contributed by atoms with Gasteiger partial charge in [-0.05, 0) is 78.2 Å². The lowest BCUT2D eigenvalue weighted by atomic mass is 9.80. The van der Waals surface area contributed by atoms with E-state index in [1.54, 1.807) is 4.90 Å². The quantitative estimate of drug-likeness (QED) is 0.550. The van der Waals surface area contributed by atoms with Crippen LogP contribution in [-0.4, -0.2) is 50.5 Å². The van der Waals surface area contributed by atoms with Gasteiger partial charge in [-0.2, -0.15) is 18.3 Å². The number of halogens is 3. The highest BCUT2D eigenvalue weighted by molar-refractivity contribution is 5.69. The molecule has 2 unspecified atom stereocenters. The standard InChI is InChI=1S/C25H33F3N4O2/c1-15-11-20(24-13-18(24)9-10-31(14-24)22(33)34-23(2,3)4)32-21(29-15)12-19(30-32)16-5-7-17(8-6-16)25(26,27)28/h11-12,16-18H,5-10,13-14H2,1-4H3/t16-,17-,18?,24?. The van der Waals surface area contributed by atoms with Gasteiger partial charge in [-0.25, -0.2) is 14.3 Å². The second kappa shape index (κ2) is 7.85. The van der Waals surface area contributed by atoms with Crippen LogP contribution in [0.3, 0.4) is 0 Å². The largest absolute Gasteiger partial charge is 0.444 e. The first kappa shape index (κ1) is 23.4. The molecule has 34 heavy (non-hydrogen) atoms. The number of carbonyl (C=O) groups excluding carboxylic acids is 1. The van der Waals surface area contributed by atoms with Crippen LogP contribution in [0.25, 0.3) is 5.65 Å². The fourth-order valence-electron chi connectivity index (χ4n) is 5.95. The molecule has 2 aliphatic carbocycles. The lowest BCUT2D eigenvalue weighted by Gasteiger charge is -2.34. The van der Waals surface area contributed by atoms with Crippen molar-refractivity contribution in [1.29, 1.82) is 0 Å². The molecule has 3 heterocycles. The van der Waals surface area contributed by atoms with Gasteiger partial charge >= 0.3 is 12.3 Å². The van der Waals surface area contributed by atoms with E-state index in [-0.39, 0.29) is 30.3 Å². The summed E-state index contributed by atoms with van der Waals surface area (Å²) in [6.07, 6.45) is -1.23. The third kappa shape index (κ3) is 4.26. The third-order valence-electron chi connectivity index (χ3n) is 7.80. The van der Waals surface area contributed by atoms with Crippen molar-refractivity contribution in [2.24, 2.45) is 11.8 Å². The van der Waals surface area contributed by atoms with Crippen molar-refractivity contribution in [1.82, 2.24) is 19.5 Å². The molecule has 0 N–H and O–H groups in total. The second-order valence-corrected chi connectivity index (χ2v) is 11.5. The summed E-state index contributed by atoms with van der Waals surface area (Å²) in [4.78, 5) is 19.3. The highest BCUT2D eigenvalue weighted by Gasteiger charge is 2.60. The molecule has 6 nitrogen and oxygen atoms in total. The van der Waals surface area contributed by atoms with E-state index < -0.39 is 17.7 Å². The molecule has 1 aliphatic heterocycles. The number of hydrogen-bond acceptors (Lipinski definition) is 4. The van der Waals surface area contributed by atoms with Crippen LogP contribution in [-0.2, 0) is 10.2 Å². The number of aryl methyl sites for hydroxylation is 1. The predicted octanol–water partition coefficient (Wildman–Crippen LogP) is 5.77. The zero-order chi connectivity index (χ0) is 24.5. The number of hydrogen-bond donors (Lipinski definition) is 0. The van der Waals surface area contributed by atoms with Crippen molar-refractivity contribution in [2.45, 2.75) is 89.3 Å². The summed E-state index contributed by atoms with van der Waals surface area (Å²) in [5, 5.41) is 4.88. The molecule has 3 fully saturated rings.